The normalized spacial score (nSPS) is 11.3. The Hall–Kier alpha value is -4.69. The Morgan fingerprint density at radius 2 is 1.61 bits per heavy atom. The second-order valence-electron chi connectivity index (χ2n) is 9.86. The Kier molecular flexibility index (Phi) is 6.01. The van der Waals surface area contributed by atoms with Gasteiger partial charge in [-0.05, 0) is 65.9 Å². The number of aromatic nitrogens is 4. The zero-order valence-electron chi connectivity index (χ0n) is 21.9. The molecule has 0 saturated heterocycles. The molecule has 0 saturated carbocycles. The molecule has 4 aromatic carbocycles. The summed E-state index contributed by atoms with van der Waals surface area (Å²) in [7, 11) is 2.07. The third-order valence-electron chi connectivity index (χ3n) is 7.28. The van der Waals surface area contributed by atoms with Crippen LogP contribution in [0.1, 0.15) is 35.9 Å². The predicted octanol–water partition coefficient (Wildman–Crippen LogP) is 7.44. The summed E-state index contributed by atoms with van der Waals surface area (Å²) < 4.78 is 4.52. The van der Waals surface area contributed by atoms with Gasteiger partial charge in [-0.1, -0.05) is 61.5 Å². The molecule has 0 aliphatic rings. The van der Waals surface area contributed by atoms with Gasteiger partial charge in [0.15, 0.2) is 0 Å². The Labute approximate surface area is 222 Å². The number of benzene rings is 4. The van der Waals surface area contributed by atoms with Crippen molar-refractivity contribution in [3.05, 3.63) is 107 Å². The van der Waals surface area contributed by atoms with Crippen molar-refractivity contribution in [1.82, 2.24) is 19.1 Å². The predicted molar refractivity (Wildman–Crippen MR) is 154 cm³/mol. The molecule has 0 radical (unpaired) electrons. The van der Waals surface area contributed by atoms with E-state index in [0.717, 1.165) is 64.3 Å². The molecule has 2 aromatic heterocycles. The molecule has 0 fully saturated rings. The van der Waals surface area contributed by atoms with Crippen LogP contribution >= 0.6 is 0 Å². The average molecular weight is 496 g/mol. The number of para-hydroxylation sites is 2. The van der Waals surface area contributed by atoms with Crippen LogP contribution in [0.4, 0.5) is 0 Å². The number of hydrogen-bond donors (Lipinski definition) is 0. The highest BCUT2D eigenvalue weighted by molar-refractivity contribution is 5.87. The van der Waals surface area contributed by atoms with Crippen LogP contribution in [0.25, 0.3) is 44.6 Å². The fraction of sp³-hybridized carbons (Fsp3) is 0.182. The van der Waals surface area contributed by atoms with E-state index in [1.165, 1.54) is 16.6 Å². The maximum Gasteiger partial charge on any atom is 0.140 e. The first-order valence-electron chi connectivity index (χ1n) is 13.1. The van der Waals surface area contributed by atoms with Gasteiger partial charge in [0.2, 0.25) is 0 Å². The highest BCUT2D eigenvalue weighted by Crippen LogP contribution is 2.31. The van der Waals surface area contributed by atoms with E-state index in [4.69, 9.17) is 9.97 Å². The molecule has 5 nitrogen and oxygen atoms in total. The van der Waals surface area contributed by atoms with Crippen molar-refractivity contribution in [2.45, 2.75) is 33.2 Å². The minimum Gasteiger partial charge on any atom is -0.327 e. The molecular weight excluding hydrogens is 466 g/mol. The number of rotatable bonds is 6. The van der Waals surface area contributed by atoms with Crippen LogP contribution in [-0.2, 0) is 20.0 Å². The van der Waals surface area contributed by atoms with Gasteiger partial charge < -0.3 is 9.13 Å². The number of imidazole rings is 2. The molecule has 0 amide bonds. The van der Waals surface area contributed by atoms with Crippen LogP contribution in [0.3, 0.4) is 0 Å². The van der Waals surface area contributed by atoms with Crippen molar-refractivity contribution in [3.63, 3.8) is 0 Å². The average Bonchev–Trinajstić information content (AvgIpc) is 3.46. The third kappa shape index (κ3) is 4.05. The first-order valence-corrected chi connectivity index (χ1v) is 13.1. The minimum absolute atomic E-state index is 0.693. The fourth-order valence-electron chi connectivity index (χ4n) is 5.45. The van der Waals surface area contributed by atoms with E-state index in [1.807, 2.05) is 30.3 Å². The van der Waals surface area contributed by atoms with Crippen LogP contribution in [0.15, 0.2) is 84.9 Å². The number of hydrogen-bond acceptors (Lipinski definition) is 3. The van der Waals surface area contributed by atoms with Crippen molar-refractivity contribution < 1.29 is 0 Å². The molecule has 0 spiro atoms. The third-order valence-corrected chi connectivity index (χ3v) is 7.28. The number of nitrogens with zero attached hydrogens (tertiary/aromatic N) is 5. The van der Waals surface area contributed by atoms with Crippen molar-refractivity contribution in [1.29, 1.82) is 5.26 Å². The van der Waals surface area contributed by atoms with E-state index in [9.17, 15) is 5.26 Å². The second kappa shape index (κ2) is 9.64. The van der Waals surface area contributed by atoms with Gasteiger partial charge in [0, 0.05) is 25.6 Å². The highest BCUT2D eigenvalue weighted by Gasteiger charge is 2.17. The number of nitriles is 1. The zero-order valence-corrected chi connectivity index (χ0v) is 21.9. The minimum atomic E-state index is 0.693. The lowest BCUT2D eigenvalue weighted by molar-refractivity contribution is 0.721. The summed E-state index contributed by atoms with van der Waals surface area (Å²) in [4.78, 5) is 10.0. The van der Waals surface area contributed by atoms with Gasteiger partial charge in [-0.3, -0.25) is 0 Å². The summed E-state index contributed by atoms with van der Waals surface area (Å²) in [5.74, 6) is 2.06. The smallest absolute Gasteiger partial charge is 0.140 e. The summed E-state index contributed by atoms with van der Waals surface area (Å²) in [5.41, 5.74) is 10.5. The number of aryl methyl sites for hydroxylation is 3. The van der Waals surface area contributed by atoms with Crippen LogP contribution in [0.2, 0.25) is 0 Å². The largest absolute Gasteiger partial charge is 0.327 e. The summed E-state index contributed by atoms with van der Waals surface area (Å²) in [6.45, 7) is 5.12. The molecular formula is C33H29N5. The maximum atomic E-state index is 9.49. The van der Waals surface area contributed by atoms with Crippen molar-refractivity contribution in [3.8, 4) is 28.6 Å². The highest BCUT2D eigenvalue weighted by atomic mass is 15.1. The summed E-state index contributed by atoms with van der Waals surface area (Å²) in [6, 6.07) is 31.3. The van der Waals surface area contributed by atoms with Crippen molar-refractivity contribution in [2.75, 3.05) is 0 Å². The molecule has 0 bridgehead atoms. The lowest BCUT2D eigenvalue weighted by atomic mass is 9.99. The number of fused-ring (bicyclic) bond motifs is 2. The molecule has 6 aromatic rings. The van der Waals surface area contributed by atoms with Gasteiger partial charge in [0.05, 0.1) is 33.7 Å². The van der Waals surface area contributed by atoms with Crippen molar-refractivity contribution in [2.24, 2.45) is 7.05 Å². The van der Waals surface area contributed by atoms with E-state index in [0.29, 0.717) is 5.56 Å². The van der Waals surface area contributed by atoms with Crippen LogP contribution in [-0.4, -0.2) is 19.1 Å². The topological polar surface area (TPSA) is 59.4 Å². The lowest BCUT2D eigenvalue weighted by Gasteiger charge is -2.12. The van der Waals surface area contributed by atoms with Gasteiger partial charge in [0.1, 0.15) is 11.6 Å². The van der Waals surface area contributed by atoms with Crippen molar-refractivity contribution >= 4 is 22.1 Å². The van der Waals surface area contributed by atoms with Gasteiger partial charge in [-0.25, -0.2) is 9.97 Å². The van der Waals surface area contributed by atoms with Crippen LogP contribution < -0.4 is 0 Å². The Morgan fingerprint density at radius 3 is 2.37 bits per heavy atom. The van der Waals surface area contributed by atoms with E-state index >= 15 is 0 Å². The summed E-state index contributed by atoms with van der Waals surface area (Å²) >= 11 is 0. The molecule has 186 valence electrons. The van der Waals surface area contributed by atoms with Gasteiger partial charge in [-0.15, -0.1) is 0 Å². The molecule has 2 heterocycles. The first-order chi connectivity index (χ1) is 18.6. The Bertz CT molecular complexity index is 1830. The standard InChI is InChI=1S/C33H29N5/c1-4-9-31-35-29-19-26(33-36-28-12-7-8-13-30(28)37(33)3)18-22(2)32(29)38(31)21-23-14-16-24(17-15-23)27-11-6-5-10-25(27)20-34/h5-8,10-19H,4,9,21H2,1-3H3. The Morgan fingerprint density at radius 1 is 0.842 bits per heavy atom. The molecule has 0 atom stereocenters. The molecule has 0 aliphatic carbocycles. The monoisotopic (exact) mass is 495 g/mol. The molecule has 0 N–H and O–H groups in total. The van der Waals surface area contributed by atoms with Gasteiger partial charge >= 0.3 is 0 Å². The SMILES string of the molecule is CCCc1nc2cc(-c3nc4ccccc4n3C)cc(C)c2n1Cc1ccc(-c2ccccc2C#N)cc1. The fourth-order valence-corrected chi connectivity index (χ4v) is 5.45. The Balaban J connectivity index is 1.40. The lowest BCUT2D eigenvalue weighted by Crippen LogP contribution is -2.06. The van der Waals surface area contributed by atoms with Crippen LogP contribution in [0, 0.1) is 18.3 Å². The summed E-state index contributed by atoms with van der Waals surface area (Å²) in [6.07, 6.45) is 1.95. The summed E-state index contributed by atoms with van der Waals surface area (Å²) in [5, 5.41) is 9.49. The quantitative estimate of drug-likeness (QED) is 0.241. The second-order valence-corrected chi connectivity index (χ2v) is 9.86. The van der Waals surface area contributed by atoms with E-state index in [2.05, 4.69) is 90.7 Å². The van der Waals surface area contributed by atoms with Gasteiger partial charge in [-0.2, -0.15) is 5.26 Å². The molecule has 0 aliphatic heterocycles. The molecule has 0 unspecified atom stereocenters. The van der Waals surface area contributed by atoms with Crippen LogP contribution in [0.5, 0.6) is 0 Å². The van der Waals surface area contributed by atoms with E-state index < -0.39 is 0 Å². The zero-order chi connectivity index (χ0) is 26.2. The maximum absolute atomic E-state index is 9.49. The first kappa shape index (κ1) is 23.7. The van der Waals surface area contributed by atoms with E-state index in [1.54, 1.807) is 0 Å². The van der Waals surface area contributed by atoms with E-state index in [-0.39, 0.29) is 0 Å². The molecule has 38 heavy (non-hydrogen) atoms. The van der Waals surface area contributed by atoms with Gasteiger partial charge in [0.25, 0.3) is 0 Å². The molecule has 5 heteroatoms. The molecule has 6 rings (SSSR count).